The van der Waals surface area contributed by atoms with E-state index in [4.69, 9.17) is 5.73 Å². The van der Waals surface area contributed by atoms with Gasteiger partial charge in [-0.25, -0.2) is 0 Å². The van der Waals surface area contributed by atoms with Crippen LogP contribution in [0.4, 0.5) is 13.2 Å². The van der Waals surface area contributed by atoms with Crippen LogP contribution in [0.15, 0.2) is 24.3 Å². The molecule has 1 nitrogen and oxygen atoms in total. The highest BCUT2D eigenvalue weighted by Crippen LogP contribution is 2.31. The molecule has 0 aliphatic heterocycles. The minimum Gasteiger partial charge on any atom is -0.324 e. The Labute approximate surface area is 112 Å². The highest BCUT2D eigenvalue weighted by molar-refractivity contribution is 5.85. The topological polar surface area (TPSA) is 26.0 Å². The molecule has 5 heteroatoms. The van der Waals surface area contributed by atoms with Crippen molar-refractivity contribution in [2.24, 2.45) is 5.73 Å². The van der Waals surface area contributed by atoms with Crippen LogP contribution in [0.2, 0.25) is 0 Å². The van der Waals surface area contributed by atoms with Crippen LogP contribution in [0, 0.1) is 0 Å². The molecule has 0 spiro atoms. The standard InChI is InChI=1S/C13H18F3N.ClH/c1-2-3-4-8-12(17)10-6-5-7-11(9-10)13(14,15)16;/h5-7,9,12H,2-4,8,17H2,1H3;1H/t12-;/m0./s1. The van der Waals surface area contributed by atoms with Crippen molar-refractivity contribution >= 4 is 12.4 Å². The zero-order valence-corrected chi connectivity index (χ0v) is 11.2. The number of halogens is 4. The molecule has 1 atom stereocenters. The van der Waals surface area contributed by atoms with Gasteiger partial charge in [-0.1, -0.05) is 38.3 Å². The molecule has 0 heterocycles. The fourth-order valence-electron chi connectivity index (χ4n) is 1.73. The molecular weight excluding hydrogens is 263 g/mol. The molecule has 2 N–H and O–H groups in total. The fourth-order valence-corrected chi connectivity index (χ4v) is 1.73. The molecule has 1 rings (SSSR count). The summed E-state index contributed by atoms with van der Waals surface area (Å²) in [5.74, 6) is 0. The first-order valence-electron chi connectivity index (χ1n) is 5.88. The Kier molecular flexibility index (Phi) is 7.33. The molecule has 0 saturated heterocycles. The molecule has 104 valence electrons. The third kappa shape index (κ3) is 5.27. The summed E-state index contributed by atoms with van der Waals surface area (Å²) in [4.78, 5) is 0. The first kappa shape index (κ1) is 17.3. The molecule has 1 aromatic carbocycles. The van der Waals surface area contributed by atoms with Gasteiger partial charge in [-0.05, 0) is 24.1 Å². The Hall–Kier alpha value is -0.740. The zero-order valence-electron chi connectivity index (χ0n) is 10.3. The maximum Gasteiger partial charge on any atom is 0.416 e. The number of alkyl halides is 3. The van der Waals surface area contributed by atoms with E-state index in [0.717, 1.165) is 37.8 Å². The number of unbranched alkanes of at least 4 members (excludes halogenated alkanes) is 2. The summed E-state index contributed by atoms with van der Waals surface area (Å²) in [7, 11) is 0. The van der Waals surface area contributed by atoms with Crippen LogP contribution < -0.4 is 5.73 Å². The van der Waals surface area contributed by atoms with Gasteiger partial charge < -0.3 is 5.73 Å². The molecule has 0 fully saturated rings. The largest absolute Gasteiger partial charge is 0.416 e. The Morgan fingerprint density at radius 2 is 1.89 bits per heavy atom. The summed E-state index contributed by atoms with van der Waals surface area (Å²) >= 11 is 0. The minimum absolute atomic E-state index is 0. The van der Waals surface area contributed by atoms with Crippen molar-refractivity contribution in [3.05, 3.63) is 35.4 Å². The molecule has 18 heavy (non-hydrogen) atoms. The van der Waals surface area contributed by atoms with Crippen molar-refractivity contribution in [2.45, 2.75) is 44.8 Å². The highest BCUT2D eigenvalue weighted by Gasteiger charge is 2.30. The first-order chi connectivity index (χ1) is 7.95. The second-order valence-corrected chi connectivity index (χ2v) is 4.23. The summed E-state index contributed by atoms with van der Waals surface area (Å²) in [6, 6.07) is 4.99. The molecule has 1 aromatic rings. The van der Waals surface area contributed by atoms with E-state index in [1.54, 1.807) is 6.07 Å². The number of rotatable bonds is 5. The molecule has 0 aliphatic carbocycles. The highest BCUT2D eigenvalue weighted by atomic mass is 35.5. The van der Waals surface area contributed by atoms with Gasteiger partial charge in [-0.15, -0.1) is 12.4 Å². The molecule has 0 bridgehead atoms. The van der Waals surface area contributed by atoms with Crippen molar-refractivity contribution in [1.82, 2.24) is 0 Å². The van der Waals surface area contributed by atoms with Crippen molar-refractivity contribution in [3.8, 4) is 0 Å². The maximum absolute atomic E-state index is 12.5. The van der Waals surface area contributed by atoms with Crippen LogP contribution in [-0.2, 0) is 6.18 Å². The Morgan fingerprint density at radius 1 is 1.22 bits per heavy atom. The lowest BCUT2D eigenvalue weighted by molar-refractivity contribution is -0.137. The molecule has 0 unspecified atom stereocenters. The first-order valence-corrected chi connectivity index (χ1v) is 5.88. The summed E-state index contributed by atoms with van der Waals surface area (Å²) < 4.78 is 37.5. The average Bonchev–Trinajstić information content (AvgIpc) is 2.28. The fraction of sp³-hybridized carbons (Fsp3) is 0.538. The van der Waals surface area contributed by atoms with E-state index in [1.165, 1.54) is 6.07 Å². The van der Waals surface area contributed by atoms with Crippen LogP contribution >= 0.6 is 12.4 Å². The van der Waals surface area contributed by atoms with E-state index in [9.17, 15) is 13.2 Å². The second-order valence-electron chi connectivity index (χ2n) is 4.23. The quantitative estimate of drug-likeness (QED) is 0.777. The summed E-state index contributed by atoms with van der Waals surface area (Å²) in [6.45, 7) is 2.08. The molecule has 0 radical (unpaired) electrons. The summed E-state index contributed by atoms with van der Waals surface area (Å²) in [6.07, 6.45) is -0.468. The van der Waals surface area contributed by atoms with E-state index in [2.05, 4.69) is 6.92 Å². The number of nitrogens with two attached hydrogens (primary N) is 1. The Balaban J connectivity index is 0.00000289. The monoisotopic (exact) mass is 281 g/mol. The van der Waals surface area contributed by atoms with Gasteiger partial charge in [0, 0.05) is 6.04 Å². The van der Waals surface area contributed by atoms with Crippen LogP contribution in [-0.4, -0.2) is 0 Å². The van der Waals surface area contributed by atoms with Crippen LogP contribution in [0.1, 0.15) is 49.8 Å². The second kappa shape index (κ2) is 7.64. The molecular formula is C13H19ClF3N. The molecule has 0 aromatic heterocycles. The normalized spacial score (nSPS) is 12.9. The van der Waals surface area contributed by atoms with E-state index in [1.807, 2.05) is 0 Å². The Bertz CT molecular complexity index is 352. The predicted molar refractivity (Wildman–Crippen MR) is 69.8 cm³/mol. The predicted octanol–water partition coefficient (Wildman–Crippen LogP) is 4.71. The number of benzene rings is 1. The van der Waals surface area contributed by atoms with E-state index in [0.29, 0.717) is 5.56 Å². The summed E-state index contributed by atoms with van der Waals surface area (Å²) in [5, 5.41) is 0. The zero-order chi connectivity index (χ0) is 12.9. The third-order valence-electron chi connectivity index (χ3n) is 2.76. The number of hydrogen-bond acceptors (Lipinski definition) is 1. The third-order valence-corrected chi connectivity index (χ3v) is 2.76. The Morgan fingerprint density at radius 3 is 2.44 bits per heavy atom. The van der Waals surface area contributed by atoms with Gasteiger partial charge in [-0.2, -0.15) is 13.2 Å². The van der Waals surface area contributed by atoms with E-state index < -0.39 is 11.7 Å². The van der Waals surface area contributed by atoms with Crippen LogP contribution in [0.5, 0.6) is 0 Å². The van der Waals surface area contributed by atoms with Crippen molar-refractivity contribution in [2.75, 3.05) is 0 Å². The van der Waals surface area contributed by atoms with Crippen molar-refractivity contribution < 1.29 is 13.2 Å². The summed E-state index contributed by atoms with van der Waals surface area (Å²) in [5.41, 5.74) is 5.82. The lowest BCUT2D eigenvalue weighted by Gasteiger charge is -2.14. The van der Waals surface area contributed by atoms with Crippen LogP contribution in [0.25, 0.3) is 0 Å². The lowest BCUT2D eigenvalue weighted by atomic mass is 9.99. The van der Waals surface area contributed by atoms with Gasteiger partial charge in [-0.3, -0.25) is 0 Å². The van der Waals surface area contributed by atoms with Gasteiger partial charge in [0.25, 0.3) is 0 Å². The maximum atomic E-state index is 12.5. The van der Waals surface area contributed by atoms with Gasteiger partial charge in [0.05, 0.1) is 5.56 Å². The average molecular weight is 282 g/mol. The minimum atomic E-state index is -4.29. The van der Waals surface area contributed by atoms with Gasteiger partial charge in [0.1, 0.15) is 0 Å². The SMILES string of the molecule is CCCCC[C@H](N)c1cccc(C(F)(F)F)c1.Cl. The van der Waals surface area contributed by atoms with Gasteiger partial charge >= 0.3 is 6.18 Å². The smallest absolute Gasteiger partial charge is 0.324 e. The molecule has 0 saturated carbocycles. The van der Waals surface area contributed by atoms with Crippen molar-refractivity contribution in [1.29, 1.82) is 0 Å². The van der Waals surface area contributed by atoms with E-state index >= 15 is 0 Å². The van der Waals surface area contributed by atoms with Crippen LogP contribution in [0.3, 0.4) is 0 Å². The molecule has 0 amide bonds. The van der Waals surface area contributed by atoms with E-state index in [-0.39, 0.29) is 18.4 Å². The van der Waals surface area contributed by atoms with Gasteiger partial charge in [0.2, 0.25) is 0 Å². The van der Waals surface area contributed by atoms with Gasteiger partial charge in [0.15, 0.2) is 0 Å². The molecule has 0 aliphatic rings. The number of hydrogen-bond donors (Lipinski definition) is 1. The lowest BCUT2D eigenvalue weighted by Crippen LogP contribution is -2.12. The van der Waals surface area contributed by atoms with Crippen molar-refractivity contribution in [3.63, 3.8) is 0 Å².